The Morgan fingerprint density at radius 1 is 1.24 bits per heavy atom. The van der Waals surface area contributed by atoms with Crippen LogP contribution in [0.4, 0.5) is 5.69 Å². The highest BCUT2D eigenvalue weighted by Gasteiger charge is 2.14. The van der Waals surface area contributed by atoms with E-state index in [1.54, 1.807) is 16.8 Å². The molecule has 0 spiro atoms. The van der Waals surface area contributed by atoms with Gasteiger partial charge in [-0.15, -0.1) is 5.10 Å². The van der Waals surface area contributed by atoms with Crippen molar-refractivity contribution in [2.45, 2.75) is 17.8 Å². The first-order valence-corrected chi connectivity index (χ1v) is 10.2. The van der Waals surface area contributed by atoms with Gasteiger partial charge in [0.25, 0.3) is 0 Å². The molecule has 2 aromatic heterocycles. The predicted octanol–water partition coefficient (Wildman–Crippen LogP) is 3.73. The number of hydrogen-bond acceptors (Lipinski definition) is 8. The van der Waals surface area contributed by atoms with Gasteiger partial charge in [0.05, 0.1) is 11.4 Å². The Kier molecular flexibility index (Phi) is 5.67. The second-order valence-corrected chi connectivity index (χ2v) is 7.77. The smallest absolute Gasteiger partial charge is 0.237 e. The third-order valence-corrected chi connectivity index (χ3v) is 5.12. The van der Waals surface area contributed by atoms with Crippen molar-refractivity contribution in [2.24, 2.45) is 0 Å². The number of carbonyl (C=O) groups is 1. The zero-order valence-electron chi connectivity index (χ0n) is 15.1. The van der Waals surface area contributed by atoms with Gasteiger partial charge in [0.1, 0.15) is 0 Å². The summed E-state index contributed by atoms with van der Waals surface area (Å²) in [6.07, 6.45) is 0. The van der Waals surface area contributed by atoms with Crippen molar-refractivity contribution >= 4 is 39.3 Å². The van der Waals surface area contributed by atoms with Crippen molar-refractivity contribution in [3.63, 3.8) is 0 Å². The predicted molar refractivity (Wildman–Crippen MR) is 110 cm³/mol. The Hall–Kier alpha value is -3.05. The number of rotatable bonds is 6. The number of halogens is 1. The van der Waals surface area contributed by atoms with Crippen molar-refractivity contribution in [3.8, 4) is 17.1 Å². The maximum atomic E-state index is 11.3. The van der Waals surface area contributed by atoms with Crippen LogP contribution in [0, 0.1) is 0 Å². The number of aromatic nitrogens is 6. The minimum Gasteiger partial charge on any atom is -0.338 e. The summed E-state index contributed by atoms with van der Waals surface area (Å²) >= 11 is 4.80. The molecule has 0 saturated heterocycles. The second-order valence-electron chi connectivity index (χ2n) is 5.92. The number of thioether (sulfide) groups is 1. The van der Waals surface area contributed by atoms with E-state index < -0.39 is 0 Å². The topological polar surface area (TPSA) is 112 Å². The van der Waals surface area contributed by atoms with Gasteiger partial charge in [-0.2, -0.15) is 9.67 Å². The fraction of sp³-hybridized carbons (Fsp3) is 0.111. The molecule has 0 aliphatic heterocycles. The molecule has 1 N–H and O–H groups in total. The number of amides is 1. The molecule has 0 unspecified atom stereocenters. The lowest BCUT2D eigenvalue weighted by molar-refractivity contribution is -0.114. The molecule has 11 heteroatoms. The number of carbonyl (C=O) groups excluding carboxylic acids is 1. The Bertz CT molecular complexity index is 1160. The summed E-state index contributed by atoms with van der Waals surface area (Å²) in [5.41, 5.74) is 2.25. The maximum Gasteiger partial charge on any atom is 0.237 e. The average Bonchev–Trinajstić information content (AvgIpc) is 3.35. The zero-order chi connectivity index (χ0) is 20.2. The first-order chi connectivity index (χ1) is 14.1. The first-order valence-electron chi connectivity index (χ1n) is 8.46. The van der Waals surface area contributed by atoms with Gasteiger partial charge in [0, 0.05) is 22.6 Å². The molecule has 0 aliphatic carbocycles. The van der Waals surface area contributed by atoms with Gasteiger partial charge in [0.15, 0.2) is 0 Å². The molecule has 2 aromatic carbocycles. The Morgan fingerprint density at radius 3 is 2.93 bits per heavy atom. The standard InChI is InChI=1S/C18H14BrN7O2S/c1-11(27)20-14-6-3-7-15(9-14)26-18(22-24-25-26)29-10-16-21-17(23-28-16)12-4-2-5-13(19)8-12/h2-9H,10H2,1H3,(H,20,27). The molecule has 2 heterocycles. The van der Waals surface area contributed by atoms with Crippen molar-refractivity contribution in [1.29, 1.82) is 0 Å². The van der Waals surface area contributed by atoms with E-state index in [0.717, 1.165) is 15.7 Å². The maximum absolute atomic E-state index is 11.3. The average molecular weight is 472 g/mol. The van der Waals surface area contributed by atoms with Crippen molar-refractivity contribution in [1.82, 2.24) is 30.3 Å². The van der Waals surface area contributed by atoms with E-state index in [1.165, 1.54) is 18.7 Å². The van der Waals surface area contributed by atoms with Crippen molar-refractivity contribution < 1.29 is 9.32 Å². The number of nitrogens with one attached hydrogen (secondary N) is 1. The molecule has 0 aliphatic rings. The third kappa shape index (κ3) is 4.69. The van der Waals surface area contributed by atoms with Crippen molar-refractivity contribution in [2.75, 3.05) is 5.32 Å². The fourth-order valence-corrected chi connectivity index (χ4v) is 3.66. The largest absolute Gasteiger partial charge is 0.338 e. The van der Waals surface area contributed by atoms with E-state index in [-0.39, 0.29) is 5.91 Å². The summed E-state index contributed by atoms with van der Waals surface area (Å²) in [4.78, 5) is 15.7. The summed E-state index contributed by atoms with van der Waals surface area (Å²) in [5.74, 6) is 1.24. The van der Waals surface area contributed by atoms with Crippen LogP contribution >= 0.6 is 27.7 Å². The highest BCUT2D eigenvalue weighted by Crippen LogP contribution is 2.25. The summed E-state index contributed by atoms with van der Waals surface area (Å²) in [6.45, 7) is 1.46. The fourth-order valence-electron chi connectivity index (χ4n) is 2.53. The van der Waals surface area contributed by atoms with Crippen LogP contribution in [-0.2, 0) is 10.5 Å². The normalized spacial score (nSPS) is 10.8. The van der Waals surface area contributed by atoms with Crippen LogP contribution in [-0.4, -0.2) is 36.3 Å². The van der Waals surface area contributed by atoms with E-state index in [1.807, 2.05) is 36.4 Å². The Balaban J connectivity index is 1.49. The van der Waals surface area contributed by atoms with E-state index in [0.29, 0.717) is 28.3 Å². The minimum absolute atomic E-state index is 0.147. The first kappa shape index (κ1) is 19.3. The number of benzene rings is 2. The van der Waals surface area contributed by atoms with Crippen molar-refractivity contribution in [3.05, 3.63) is 58.9 Å². The molecular formula is C18H14BrN7O2S. The summed E-state index contributed by atoms with van der Waals surface area (Å²) in [5, 5.41) is 19.2. The van der Waals surface area contributed by atoms with Crippen LogP contribution in [0.2, 0.25) is 0 Å². The molecule has 0 radical (unpaired) electrons. The van der Waals surface area contributed by atoms with Gasteiger partial charge in [-0.3, -0.25) is 4.79 Å². The molecule has 29 heavy (non-hydrogen) atoms. The third-order valence-electron chi connectivity index (χ3n) is 3.73. The van der Waals surface area contributed by atoms with Gasteiger partial charge in [-0.05, 0) is 40.8 Å². The molecule has 9 nitrogen and oxygen atoms in total. The molecule has 4 rings (SSSR count). The van der Waals surface area contributed by atoms with Crippen LogP contribution in [0.5, 0.6) is 0 Å². The van der Waals surface area contributed by atoms with Crippen LogP contribution in [0.25, 0.3) is 17.1 Å². The van der Waals surface area contributed by atoms with E-state index in [9.17, 15) is 4.79 Å². The van der Waals surface area contributed by atoms with Gasteiger partial charge >= 0.3 is 0 Å². The lowest BCUT2D eigenvalue weighted by atomic mass is 10.2. The molecule has 0 atom stereocenters. The van der Waals surface area contributed by atoms with Gasteiger partial charge in [-0.1, -0.05) is 51.0 Å². The number of nitrogens with zero attached hydrogens (tertiary/aromatic N) is 6. The van der Waals surface area contributed by atoms with Crippen LogP contribution in [0.3, 0.4) is 0 Å². The lowest BCUT2D eigenvalue weighted by Gasteiger charge is -2.06. The van der Waals surface area contributed by atoms with Crippen LogP contribution in [0.1, 0.15) is 12.8 Å². The van der Waals surface area contributed by atoms with E-state index in [4.69, 9.17) is 4.52 Å². The number of tetrazole rings is 1. The Labute approximate surface area is 178 Å². The number of hydrogen-bond donors (Lipinski definition) is 1. The molecule has 0 saturated carbocycles. The van der Waals surface area contributed by atoms with Gasteiger partial charge < -0.3 is 9.84 Å². The summed E-state index contributed by atoms with van der Waals surface area (Å²) in [7, 11) is 0. The van der Waals surface area contributed by atoms with Gasteiger partial charge in [0.2, 0.25) is 22.8 Å². The van der Waals surface area contributed by atoms with E-state index in [2.05, 4.69) is 46.9 Å². The minimum atomic E-state index is -0.147. The summed E-state index contributed by atoms with van der Waals surface area (Å²) in [6, 6.07) is 14.9. The van der Waals surface area contributed by atoms with E-state index >= 15 is 0 Å². The molecule has 146 valence electrons. The molecule has 4 aromatic rings. The molecule has 0 fully saturated rings. The van der Waals surface area contributed by atoms with Crippen LogP contribution < -0.4 is 5.32 Å². The Morgan fingerprint density at radius 2 is 2.10 bits per heavy atom. The highest BCUT2D eigenvalue weighted by molar-refractivity contribution is 9.10. The van der Waals surface area contributed by atoms with Gasteiger partial charge in [-0.25, -0.2) is 0 Å². The monoisotopic (exact) mass is 471 g/mol. The summed E-state index contributed by atoms with van der Waals surface area (Å²) < 4.78 is 7.87. The number of anilines is 1. The molecular weight excluding hydrogens is 458 g/mol. The molecule has 1 amide bonds. The molecule has 0 bridgehead atoms. The quantitative estimate of drug-likeness (QED) is 0.423. The van der Waals surface area contributed by atoms with Crippen LogP contribution in [0.15, 0.2) is 62.7 Å². The zero-order valence-corrected chi connectivity index (χ0v) is 17.5. The lowest BCUT2D eigenvalue weighted by Crippen LogP contribution is -2.07. The highest BCUT2D eigenvalue weighted by atomic mass is 79.9. The SMILES string of the molecule is CC(=O)Nc1cccc(-n2nnnc2SCc2nc(-c3cccc(Br)c3)no2)c1. The second kappa shape index (κ2) is 8.53.